The second-order valence-corrected chi connectivity index (χ2v) is 9.49. The lowest BCUT2D eigenvalue weighted by atomic mass is 9.96. The fourth-order valence-corrected chi connectivity index (χ4v) is 4.84. The Kier molecular flexibility index (Phi) is 7.50. The van der Waals surface area contributed by atoms with Crippen molar-refractivity contribution in [2.45, 2.75) is 39.5 Å². The lowest BCUT2D eigenvalue weighted by molar-refractivity contribution is 0.388. The number of aryl methyl sites for hydroxylation is 2. The Morgan fingerprint density at radius 1 is 1.00 bits per heavy atom. The Morgan fingerprint density at radius 3 is 2.46 bits per heavy atom. The molecule has 0 atom stereocenters. The Labute approximate surface area is 226 Å². The first-order valence-corrected chi connectivity index (χ1v) is 13.1. The molecule has 0 aliphatic heterocycles. The molecule has 0 saturated heterocycles. The number of aromatic amines is 1. The van der Waals surface area contributed by atoms with Gasteiger partial charge in [0, 0.05) is 17.5 Å². The number of rotatable bonds is 9. The van der Waals surface area contributed by atoms with Gasteiger partial charge >= 0.3 is 5.76 Å². The Balaban J connectivity index is 1.53. The minimum Gasteiger partial charge on any atom is -0.296 e. The van der Waals surface area contributed by atoms with Crippen LogP contribution < -0.4 is 11.3 Å². The molecular weight excluding hydrogens is 488 g/mol. The summed E-state index contributed by atoms with van der Waals surface area (Å²) in [6, 6.07) is 23.5. The predicted molar refractivity (Wildman–Crippen MR) is 154 cm³/mol. The Bertz CT molecular complexity index is 1740. The molecule has 7 heteroatoms. The van der Waals surface area contributed by atoms with Gasteiger partial charge < -0.3 is 0 Å². The summed E-state index contributed by atoms with van der Waals surface area (Å²) in [5, 5.41) is 3.85. The van der Waals surface area contributed by atoms with Gasteiger partial charge in [0.25, 0.3) is 5.56 Å². The first kappa shape index (κ1) is 25.9. The monoisotopic (exact) mass is 518 g/mol. The van der Waals surface area contributed by atoms with E-state index in [2.05, 4.69) is 23.6 Å². The summed E-state index contributed by atoms with van der Waals surface area (Å²) in [5.41, 5.74) is 6.92. The molecule has 0 aliphatic rings. The first-order valence-electron chi connectivity index (χ1n) is 13.1. The van der Waals surface area contributed by atoms with Crippen molar-refractivity contribution in [3.05, 3.63) is 128 Å². The van der Waals surface area contributed by atoms with Crippen molar-refractivity contribution in [1.29, 1.82) is 0 Å². The van der Waals surface area contributed by atoms with E-state index in [0.29, 0.717) is 23.6 Å². The number of nitrogens with one attached hydrogen (secondary N) is 1. The van der Waals surface area contributed by atoms with Gasteiger partial charge in [-0.3, -0.25) is 18.9 Å². The molecule has 196 valence electrons. The van der Waals surface area contributed by atoms with Crippen molar-refractivity contribution in [2.75, 3.05) is 0 Å². The normalized spacial score (nSPS) is 11.0. The van der Waals surface area contributed by atoms with Gasteiger partial charge in [0.2, 0.25) is 0 Å². The highest BCUT2D eigenvalue weighted by atomic mass is 16.5. The third-order valence-corrected chi connectivity index (χ3v) is 6.83. The lowest BCUT2D eigenvalue weighted by Gasteiger charge is -2.16. The number of nitrogens with zero attached hydrogens (tertiary/aromatic N) is 3. The van der Waals surface area contributed by atoms with Crippen molar-refractivity contribution in [3.8, 4) is 28.2 Å². The fraction of sp³-hybridized carbons (Fsp3) is 0.188. The lowest BCUT2D eigenvalue weighted by Crippen LogP contribution is -2.28. The zero-order valence-corrected chi connectivity index (χ0v) is 22.1. The molecule has 0 aliphatic carbocycles. The zero-order valence-electron chi connectivity index (χ0n) is 22.1. The highest BCUT2D eigenvalue weighted by Gasteiger charge is 2.17. The quantitative estimate of drug-likeness (QED) is 0.253. The summed E-state index contributed by atoms with van der Waals surface area (Å²) in [7, 11) is 0. The molecule has 0 spiro atoms. The van der Waals surface area contributed by atoms with E-state index in [0.717, 1.165) is 58.5 Å². The van der Waals surface area contributed by atoms with E-state index in [1.165, 1.54) is 0 Å². The predicted octanol–water partition coefficient (Wildman–Crippen LogP) is 6.13. The van der Waals surface area contributed by atoms with E-state index in [1.54, 1.807) is 10.6 Å². The summed E-state index contributed by atoms with van der Waals surface area (Å²) >= 11 is 0. The van der Waals surface area contributed by atoms with Crippen LogP contribution in [0.5, 0.6) is 0 Å². The van der Waals surface area contributed by atoms with Crippen molar-refractivity contribution < 1.29 is 4.52 Å². The standard InChI is InChI=1S/C32H30N4O3/c1-4-6-14-29-28(31(37)36(21(3)33-29)25-11-9-10-22(5-2)19-25)20-23-15-17-24(18-16-23)26-12-7-8-13-27(26)30-34-32(38)39-35-30/h5,7-13,15-19H,2,4,6,14,20H2,1,3H3,(H,34,35,38). The van der Waals surface area contributed by atoms with Gasteiger partial charge in [-0.05, 0) is 54.2 Å². The maximum Gasteiger partial charge on any atom is 0.439 e. The molecule has 0 amide bonds. The highest BCUT2D eigenvalue weighted by molar-refractivity contribution is 5.80. The molecule has 0 unspecified atom stereocenters. The second-order valence-electron chi connectivity index (χ2n) is 9.49. The molecular formula is C32H30N4O3. The number of hydrogen-bond acceptors (Lipinski definition) is 5. The second kappa shape index (κ2) is 11.3. The summed E-state index contributed by atoms with van der Waals surface area (Å²) < 4.78 is 6.40. The minimum atomic E-state index is -0.595. The molecule has 0 radical (unpaired) electrons. The van der Waals surface area contributed by atoms with E-state index >= 15 is 0 Å². The molecule has 3 aromatic carbocycles. The van der Waals surface area contributed by atoms with Crippen molar-refractivity contribution in [3.63, 3.8) is 0 Å². The van der Waals surface area contributed by atoms with Crippen LogP contribution in [0, 0.1) is 6.92 Å². The van der Waals surface area contributed by atoms with Crippen LogP contribution in [-0.2, 0) is 12.8 Å². The molecule has 5 rings (SSSR count). The van der Waals surface area contributed by atoms with Crippen LogP contribution in [0.4, 0.5) is 0 Å². The molecule has 2 heterocycles. The van der Waals surface area contributed by atoms with E-state index in [-0.39, 0.29) is 5.56 Å². The van der Waals surface area contributed by atoms with E-state index in [4.69, 9.17) is 9.51 Å². The molecule has 39 heavy (non-hydrogen) atoms. The number of H-pyrrole nitrogens is 1. The number of benzene rings is 3. The summed E-state index contributed by atoms with van der Waals surface area (Å²) in [4.78, 5) is 32.9. The zero-order chi connectivity index (χ0) is 27.4. The van der Waals surface area contributed by atoms with E-state index in [9.17, 15) is 9.59 Å². The molecule has 0 fully saturated rings. The van der Waals surface area contributed by atoms with Crippen LogP contribution in [0.2, 0.25) is 0 Å². The minimum absolute atomic E-state index is 0.0424. The van der Waals surface area contributed by atoms with Crippen LogP contribution in [0.25, 0.3) is 34.3 Å². The Morgan fingerprint density at radius 2 is 1.77 bits per heavy atom. The Hall–Kier alpha value is -4.78. The van der Waals surface area contributed by atoms with Crippen LogP contribution in [0.1, 0.15) is 48.0 Å². The molecule has 5 aromatic rings. The summed E-state index contributed by atoms with van der Waals surface area (Å²) in [6.07, 6.45) is 5.00. The van der Waals surface area contributed by atoms with Crippen LogP contribution in [-0.4, -0.2) is 19.7 Å². The molecule has 0 saturated carbocycles. The van der Waals surface area contributed by atoms with Gasteiger partial charge in [-0.25, -0.2) is 9.78 Å². The van der Waals surface area contributed by atoms with Crippen molar-refractivity contribution >= 4 is 6.08 Å². The third-order valence-electron chi connectivity index (χ3n) is 6.83. The maximum atomic E-state index is 13.9. The highest BCUT2D eigenvalue weighted by Crippen LogP contribution is 2.30. The first-order chi connectivity index (χ1) is 19.0. The number of unbranched alkanes of at least 4 members (excludes halogenated alkanes) is 1. The molecule has 2 aromatic heterocycles. The van der Waals surface area contributed by atoms with Crippen molar-refractivity contribution in [1.82, 2.24) is 19.7 Å². The van der Waals surface area contributed by atoms with Crippen LogP contribution in [0.15, 0.2) is 93.5 Å². The van der Waals surface area contributed by atoms with Crippen LogP contribution >= 0.6 is 0 Å². The third kappa shape index (κ3) is 5.43. The summed E-state index contributed by atoms with van der Waals surface area (Å²) in [6.45, 7) is 7.88. The number of hydrogen-bond donors (Lipinski definition) is 1. The van der Waals surface area contributed by atoms with Gasteiger partial charge in [-0.1, -0.05) is 91.8 Å². The average Bonchev–Trinajstić information content (AvgIpc) is 3.40. The van der Waals surface area contributed by atoms with Crippen molar-refractivity contribution in [2.24, 2.45) is 0 Å². The topological polar surface area (TPSA) is 93.8 Å². The number of aromatic nitrogens is 4. The van der Waals surface area contributed by atoms with Crippen LogP contribution in [0.3, 0.4) is 0 Å². The smallest absolute Gasteiger partial charge is 0.296 e. The van der Waals surface area contributed by atoms with Gasteiger partial charge in [-0.15, -0.1) is 0 Å². The van der Waals surface area contributed by atoms with Gasteiger partial charge in [-0.2, -0.15) is 0 Å². The fourth-order valence-electron chi connectivity index (χ4n) is 4.84. The molecule has 1 N–H and O–H groups in total. The summed E-state index contributed by atoms with van der Waals surface area (Å²) in [5.74, 6) is 0.462. The maximum absolute atomic E-state index is 13.9. The molecule has 0 bridgehead atoms. The van der Waals surface area contributed by atoms with Gasteiger partial charge in [0.15, 0.2) is 5.82 Å². The molecule has 7 nitrogen and oxygen atoms in total. The van der Waals surface area contributed by atoms with E-state index in [1.807, 2.05) is 79.7 Å². The van der Waals surface area contributed by atoms with Gasteiger partial charge in [0.05, 0.1) is 11.4 Å². The average molecular weight is 519 g/mol. The SMILES string of the molecule is C=Cc1cccc(-n2c(C)nc(CCCC)c(Cc3ccc(-c4ccccc4-c4noc(=O)[nH]4)cc3)c2=O)c1. The largest absolute Gasteiger partial charge is 0.439 e. The van der Waals surface area contributed by atoms with Gasteiger partial charge in [0.1, 0.15) is 5.82 Å². The van der Waals surface area contributed by atoms with E-state index < -0.39 is 5.76 Å².